The fourth-order valence-corrected chi connectivity index (χ4v) is 4.10. The van der Waals surface area contributed by atoms with Crippen molar-refractivity contribution in [1.82, 2.24) is 10.2 Å². The van der Waals surface area contributed by atoms with Gasteiger partial charge in [0.25, 0.3) is 5.91 Å². The van der Waals surface area contributed by atoms with Crippen molar-refractivity contribution >= 4 is 40.2 Å². The van der Waals surface area contributed by atoms with Gasteiger partial charge >= 0.3 is 12.1 Å². The number of likely N-dealkylation sites (tertiary alicyclic amines) is 1. The SMILES string of the molecule is CC(C)(C)OC(=O)Nc1cc2ccccc2cc1C(=O)NCc1cccc(NC(=O)N2CCCC2)c1. The first-order chi connectivity index (χ1) is 17.2. The zero-order valence-corrected chi connectivity index (χ0v) is 20.9. The van der Waals surface area contributed by atoms with Gasteiger partial charge in [-0.1, -0.05) is 36.4 Å². The molecule has 3 aromatic rings. The summed E-state index contributed by atoms with van der Waals surface area (Å²) < 4.78 is 5.38. The second-order valence-electron chi connectivity index (χ2n) is 9.88. The van der Waals surface area contributed by atoms with Gasteiger partial charge in [0.2, 0.25) is 0 Å². The van der Waals surface area contributed by atoms with Gasteiger partial charge in [-0.05, 0) is 74.2 Å². The Labute approximate surface area is 211 Å². The van der Waals surface area contributed by atoms with E-state index in [1.165, 1.54) is 0 Å². The molecule has 0 spiro atoms. The van der Waals surface area contributed by atoms with Crippen LogP contribution in [-0.2, 0) is 11.3 Å². The lowest BCUT2D eigenvalue weighted by Gasteiger charge is -2.20. The summed E-state index contributed by atoms with van der Waals surface area (Å²) in [6, 6.07) is 18.4. The van der Waals surface area contributed by atoms with Crippen LogP contribution in [-0.4, -0.2) is 41.6 Å². The third-order valence-corrected chi connectivity index (χ3v) is 5.79. The number of carbonyl (C=O) groups excluding carboxylic acids is 3. The summed E-state index contributed by atoms with van der Waals surface area (Å²) in [6.07, 6.45) is 1.42. The van der Waals surface area contributed by atoms with Crippen molar-refractivity contribution in [2.24, 2.45) is 0 Å². The second-order valence-corrected chi connectivity index (χ2v) is 9.88. The maximum atomic E-state index is 13.2. The first-order valence-corrected chi connectivity index (χ1v) is 12.1. The Hall–Kier alpha value is -4.07. The van der Waals surface area contributed by atoms with Crippen LogP contribution in [0, 0.1) is 0 Å². The molecule has 0 bridgehead atoms. The largest absolute Gasteiger partial charge is 0.444 e. The molecule has 3 aromatic carbocycles. The van der Waals surface area contributed by atoms with Crippen molar-refractivity contribution in [3.63, 3.8) is 0 Å². The monoisotopic (exact) mass is 488 g/mol. The molecule has 1 heterocycles. The first-order valence-electron chi connectivity index (χ1n) is 12.1. The molecule has 1 saturated heterocycles. The molecule has 0 saturated carbocycles. The smallest absolute Gasteiger partial charge is 0.412 e. The van der Waals surface area contributed by atoms with Crippen molar-refractivity contribution in [2.45, 2.75) is 45.8 Å². The highest BCUT2D eigenvalue weighted by Crippen LogP contribution is 2.25. The van der Waals surface area contributed by atoms with E-state index in [9.17, 15) is 14.4 Å². The molecule has 3 N–H and O–H groups in total. The van der Waals surface area contributed by atoms with Crippen LogP contribution in [0.2, 0.25) is 0 Å². The van der Waals surface area contributed by atoms with Crippen LogP contribution in [0.3, 0.4) is 0 Å². The summed E-state index contributed by atoms with van der Waals surface area (Å²) in [5, 5.41) is 10.3. The highest BCUT2D eigenvalue weighted by atomic mass is 16.6. The minimum Gasteiger partial charge on any atom is -0.444 e. The number of nitrogens with one attached hydrogen (secondary N) is 3. The number of fused-ring (bicyclic) bond motifs is 1. The van der Waals surface area contributed by atoms with Crippen LogP contribution < -0.4 is 16.0 Å². The Balaban J connectivity index is 1.48. The lowest BCUT2D eigenvalue weighted by molar-refractivity contribution is 0.0636. The van der Waals surface area contributed by atoms with Gasteiger partial charge in [0.1, 0.15) is 5.60 Å². The van der Waals surface area contributed by atoms with Crippen molar-refractivity contribution in [3.05, 3.63) is 71.8 Å². The molecule has 0 atom stereocenters. The predicted octanol–water partition coefficient (Wildman–Crippen LogP) is 5.74. The van der Waals surface area contributed by atoms with Crippen molar-refractivity contribution in [1.29, 1.82) is 0 Å². The van der Waals surface area contributed by atoms with E-state index in [4.69, 9.17) is 4.74 Å². The summed E-state index contributed by atoms with van der Waals surface area (Å²) in [4.78, 5) is 39.8. The Morgan fingerprint density at radius 2 is 1.58 bits per heavy atom. The Morgan fingerprint density at radius 1 is 0.889 bits per heavy atom. The molecule has 8 nitrogen and oxygen atoms in total. The van der Waals surface area contributed by atoms with Crippen molar-refractivity contribution < 1.29 is 19.1 Å². The predicted molar refractivity (Wildman–Crippen MR) is 141 cm³/mol. The Morgan fingerprint density at radius 3 is 2.28 bits per heavy atom. The van der Waals surface area contributed by atoms with Crippen LogP contribution in [0.1, 0.15) is 49.5 Å². The molecule has 0 unspecified atom stereocenters. The van der Waals surface area contributed by atoms with E-state index in [1.807, 2.05) is 48.5 Å². The van der Waals surface area contributed by atoms with E-state index in [-0.39, 0.29) is 18.5 Å². The number of hydrogen-bond donors (Lipinski definition) is 3. The number of benzene rings is 3. The van der Waals surface area contributed by atoms with Crippen LogP contribution in [0.5, 0.6) is 0 Å². The molecule has 0 aliphatic carbocycles. The molecule has 1 aliphatic rings. The Kier molecular flexibility index (Phi) is 7.43. The molecular weight excluding hydrogens is 456 g/mol. The molecule has 1 aliphatic heterocycles. The fourth-order valence-electron chi connectivity index (χ4n) is 4.10. The molecule has 0 aromatic heterocycles. The first kappa shape index (κ1) is 25.0. The van der Waals surface area contributed by atoms with Crippen LogP contribution >= 0.6 is 0 Å². The summed E-state index contributed by atoms with van der Waals surface area (Å²) in [5.74, 6) is -0.335. The number of nitrogens with zero attached hydrogens (tertiary/aromatic N) is 1. The average Bonchev–Trinajstić information content (AvgIpc) is 3.36. The fraction of sp³-hybridized carbons (Fsp3) is 0.321. The van der Waals surface area contributed by atoms with Gasteiger partial charge < -0.3 is 20.3 Å². The van der Waals surface area contributed by atoms with E-state index >= 15 is 0 Å². The van der Waals surface area contributed by atoms with E-state index in [2.05, 4.69) is 16.0 Å². The number of amides is 4. The number of ether oxygens (including phenoxy) is 1. The van der Waals surface area contributed by atoms with Crippen LogP contribution in [0.15, 0.2) is 60.7 Å². The van der Waals surface area contributed by atoms with Gasteiger partial charge in [0.05, 0.1) is 11.3 Å². The van der Waals surface area contributed by atoms with E-state index in [0.29, 0.717) is 16.9 Å². The van der Waals surface area contributed by atoms with Crippen molar-refractivity contribution in [2.75, 3.05) is 23.7 Å². The summed E-state index contributed by atoms with van der Waals surface area (Å²) in [6.45, 7) is 7.14. The topological polar surface area (TPSA) is 99.8 Å². The third kappa shape index (κ3) is 6.53. The molecule has 4 amide bonds. The van der Waals surface area contributed by atoms with Gasteiger partial charge in [-0.2, -0.15) is 0 Å². The molecule has 188 valence electrons. The number of rotatable bonds is 5. The highest BCUT2D eigenvalue weighted by molar-refractivity contribution is 6.07. The van der Waals surface area contributed by atoms with Gasteiger partial charge in [-0.15, -0.1) is 0 Å². The standard InChI is InChI=1S/C28H32N4O4/c1-28(2,3)36-27(35)31-24-17-21-11-5-4-10-20(21)16-23(24)25(33)29-18-19-9-8-12-22(15-19)30-26(34)32-13-6-7-14-32/h4-5,8-12,15-17H,6-7,13-14,18H2,1-3H3,(H,29,33)(H,30,34)(H,31,35). The van der Waals surface area contributed by atoms with E-state index in [0.717, 1.165) is 42.3 Å². The van der Waals surface area contributed by atoms with Crippen LogP contribution in [0.25, 0.3) is 10.8 Å². The van der Waals surface area contributed by atoms with Gasteiger partial charge in [-0.25, -0.2) is 9.59 Å². The van der Waals surface area contributed by atoms with E-state index < -0.39 is 11.7 Å². The lowest BCUT2D eigenvalue weighted by Crippen LogP contribution is -2.32. The molecule has 0 radical (unpaired) electrons. The van der Waals surface area contributed by atoms with Gasteiger partial charge in [0.15, 0.2) is 0 Å². The lowest BCUT2D eigenvalue weighted by atomic mass is 10.0. The minimum atomic E-state index is -0.668. The second kappa shape index (κ2) is 10.7. The number of urea groups is 1. The minimum absolute atomic E-state index is 0.109. The Bertz CT molecular complexity index is 1280. The molecular formula is C28H32N4O4. The summed E-state index contributed by atoms with van der Waals surface area (Å²) >= 11 is 0. The normalized spacial score (nSPS) is 13.4. The maximum absolute atomic E-state index is 13.2. The van der Waals surface area contributed by atoms with Crippen LogP contribution in [0.4, 0.5) is 21.0 Å². The number of carbonyl (C=O) groups is 3. The number of anilines is 2. The molecule has 8 heteroatoms. The highest BCUT2D eigenvalue weighted by Gasteiger charge is 2.20. The summed E-state index contributed by atoms with van der Waals surface area (Å²) in [7, 11) is 0. The molecule has 1 fully saturated rings. The summed E-state index contributed by atoms with van der Waals surface area (Å²) in [5.41, 5.74) is 1.55. The maximum Gasteiger partial charge on any atom is 0.412 e. The van der Waals surface area contributed by atoms with Crippen molar-refractivity contribution in [3.8, 4) is 0 Å². The van der Waals surface area contributed by atoms with Gasteiger partial charge in [0, 0.05) is 25.3 Å². The van der Waals surface area contributed by atoms with E-state index in [1.54, 1.807) is 37.8 Å². The molecule has 4 rings (SSSR count). The quantitative estimate of drug-likeness (QED) is 0.426. The zero-order valence-electron chi connectivity index (χ0n) is 20.9. The number of hydrogen-bond acceptors (Lipinski definition) is 4. The third-order valence-electron chi connectivity index (χ3n) is 5.79. The average molecular weight is 489 g/mol. The van der Waals surface area contributed by atoms with Gasteiger partial charge in [-0.3, -0.25) is 10.1 Å². The zero-order chi connectivity index (χ0) is 25.7. The molecule has 36 heavy (non-hydrogen) atoms.